The molecule has 3 rings (SSSR count). The fraction of sp³-hybridized carbons (Fsp3) is 0.524. The minimum absolute atomic E-state index is 0. The van der Waals surface area contributed by atoms with Gasteiger partial charge in [0.05, 0.1) is 12.2 Å². The van der Waals surface area contributed by atoms with Crippen LogP contribution in [0.25, 0.3) is 0 Å². The van der Waals surface area contributed by atoms with Gasteiger partial charge in [-0.2, -0.15) is 0 Å². The van der Waals surface area contributed by atoms with Crippen LogP contribution in [0, 0.1) is 5.82 Å². The van der Waals surface area contributed by atoms with Gasteiger partial charge in [-0.3, -0.25) is 9.89 Å². The van der Waals surface area contributed by atoms with E-state index in [1.807, 2.05) is 12.1 Å². The maximum absolute atomic E-state index is 13.6. The van der Waals surface area contributed by atoms with Crippen LogP contribution in [0.5, 0.6) is 0 Å². The second-order valence-corrected chi connectivity index (χ2v) is 7.82. The fourth-order valence-electron chi connectivity index (χ4n) is 3.37. The van der Waals surface area contributed by atoms with Gasteiger partial charge < -0.3 is 14.7 Å². The van der Waals surface area contributed by atoms with Crippen molar-refractivity contribution in [1.82, 2.24) is 20.3 Å². The standard InChI is InChI=1S/C21H30FN5O.HI/c1-4-23-20(24-16-21(2,3)17-6-5-7-18(22)14-17)27-11-9-26(10-12-27)15-19-8-13-28-25-19;/h5-8,13-14H,4,9-12,15-16H2,1-3H3,(H,23,24);1H. The van der Waals surface area contributed by atoms with E-state index in [-0.39, 0.29) is 35.2 Å². The molecule has 2 heterocycles. The number of piperazine rings is 1. The maximum Gasteiger partial charge on any atom is 0.194 e. The molecule has 0 saturated carbocycles. The lowest BCUT2D eigenvalue weighted by molar-refractivity contribution is 0.169. The Morgan fingerprint density at radius 3 is 2.62 bits per heavy atom. The smallest absolute Gasteiger partial charge is 0.194 e. The van der Waals surface area contributed by atoms with Crippen LogP contribution in [0.1, 0.15) is 32.0 Å². The molecule has 0 atom stereocenters. The summed E-state index contributed by atoms with van der Waals surface area (Å²) in [7, 11) is 0. The number of hydrogen-bond acceptors (Lipinski definition) is 4. The van der Waals surface area contributed by atoms with Crippen molar-refractivity contribution in [3.63, 3.8) is 0 Å². The summed E-state index contributed by atoms with van der Waals surface area (Å²) in [5.41, 5.74) is 1.69. The number of guanidine groups is 1. The molecule has 2 aromatic rings. The Bertz CT molecular complexity index is 773. The first-order chi connectivity index (χ1) is 13.5. The number of benzene rings is 1. The monoisotopic (exact) mass is 515 g/mol. The molecule has 0 aliphatic carbocycles. The average molecular weight is 515 g/mol. The summed E-state index contributed by atoms with van der Waals surface area (Å²) < 4.78 is 18.5. The molecular weight excluding hydrogens is 484 g/mol. The lowest BCUT2D eigenvalue weighted by atomic mass is 9.85. The van der Waals surface area contributed by atoms with Gasteiger partial charge in [0, 0.05) is 50.7 Å². The van der Waals surface area contributed by atoms with Crippen molar-refractivity contribution < 1.29 is 8.91 Å². The highest BCUT2D eigenvalue weighted by Crippen LogP contribution is 2.24. The normalized spacial score (nSPS) is 15.9. The zero-order valence-electron chi connectivity index (χ0n) is 17.4. The molecule has 160 valence electrons. The molecule has 0 amide bonds. The molecule has 1 N–H and O–H groups in total. The van der Waals surface area contributed by atoms with Crippen molar-refractivity contribution in [1.29, 1.82) is 0 Å². The molecule has 1 aromatic carbocycles. The van der Waals surface area contributed by atoms with Crippen molar-refractivity contribution >= 4 is 29.9 Å². The largest absolute Gasteiger partial charge is 0.364 e. The Labute approximate surface area is 189 Å². The zero-order chi connectivity index (χ0) is 20.0. The van der Waals surface area contributed by atoms with Crippen LogP contribution >= 0.6 is 24.0 Å². The van der Waals surface area contributed by atoms with Gasteiger partial charge in [0.15, 0.2) is 5.96 Å². The van der Waals surface area contributed by atoms with E-state index in [4.69, 9.17) is 9.52 Å². The molecule has 0 bridgehead atoms. The summed E-state index contributed by atoms with van der Waals surface area (Å²) in [5, 5.41) is 7.40. The highest BCUT2D eigenvalue weighted by molar-refractivity contribution is 14.0. The average Bonchev–Trinajstić information content (AvgIpc) is 3.19. The van der Waals surface area contributed by atoms with Crippen LogP contribution in [-0.4, -0.2) is 60.2 Å². The molecule has 8 heteroatoms. The van der Waals surface area contributed by atoms with E-state index in [1.165, 1.54) is 6.07 Å². The lowest BCUT2D eigenvalue weighted by Crippen LogP contribution is -2.52. The van der Waals surface area contributed by atoms with Crippen LogP contribution in [-0.2, 0) is 12.0 Å². The van der Waals surface area contributed by atoms with Crippen molar-refractivity contribution in [2.24, 2.45) is 4.99 Å². The molecule has 0 spiro atoms. The van der Waals surface area contributed by atoms with Crippen molar-refractivity contribution in [3.8, 4) is 0 Å². The first kappa shape index (κ1) is 23.6. The fourth-order valence-corrected chi connectivity index (χ4v) is 3.37. The molecular formula is C21H31FIN5O. The third-order valence-electron chi connectivity index (χ3n) is 5.11. The van der Waals surface area contributed by atoms with Gasteiger partial charge in [-0.1, -0.05) is 31.1 Å². The van der Waals surface area contributed by atoms with E-state index >= 15 is 0 Å². The maximum atomic E-state index is 13.6. The Hall–Kier alpha value is -1.68. The lowest BCUT2D eigenvalue weighted by Gasteiger charge is -2.36. The number of hydrogen-bond donors (Lipinski definition) is 1. The third-order valence-corrected chi connectivity index (χ3v) is 5.11. The van der Waals surface area contributed by atoms with Crippen molar-refractivity contribution in [2.45, 2.75) is 32.7 Å². The highest BCUT2D eigenvalue weighted by Gasteiger charge is 2.24. The number of nitrogens with zero attached hydrogens (tertiary/aromatic N) is 4. The zero-order valence-corrected chi connectivity index (χ0v) is 19.7. The van der Waals surface area contributed by atoms with Crippen LogP contribution in [0.15, 0.2) is 46.1 Å². The molecule has 1 fully saturated rings. The van der Waals surface area contributed by atoms with E-state index in [0.29, 0.717) is 6.54 Å². The first-order valence-electron chi connectivity index (χ1n) is 9.89. The van der Waals surface area contributed by atoms with Gasteiger partial charge in [-0.25, -0.2) is 4.39 Å². The summed E-state index contributed by atoms with van der Waals surface area (Å²) in [4.78, 5) is 9.54. The minimum Gasteiger partial charge on any atom is -0.364 e. The second kappa shape index (κ2) is 10.9. The highest BCUT2D eigenvalue weighted by atomic mass is 127. The molecule has 1 saturated heterocycles. The van der Waals surface area contributed by atoms with Crippen LogP contribution < -0.4 is 5.32 Å². The molecule has 29 heavy (non-hydrogen) atoms. The van der Waals surface area contributed by atoms with Gasteiger partial charge in [-0.15, -0.1) is 24.0 Å². The quantitative estimate of drug-likeness (QED) is 0.363. The Balaban J connectivity index is 0.00000300. The van der Waals surface area contributed by atoms with Gasteiger partial charge in [-0.05, 0) is 24.6 Å². The summed E-state index contributed by atoms with van der Waals surface area (Å²) in [6, 6.07) is 8.71. The predicted octanol–water partition coefficient (Wildman–Crippen LogP) is 3.49. The van der Waals surface area contributed by atoms with E-state index in [9.17, 15) is 4.39 Å². The SMILES string of the molecule is CCNC(=NCC(C)(C)c1cccc(F)c1)N1CCN(Cc2ccon2)CC1.I. The Morgan fingerprint density at radius 1 is 1.24 bits per heavy atom. The van der Waals surface area contributed by atoms with Crippen molar-refractivity contribution in [2.75, 3.05) is 39.3 Å². The summed E-state index contributed by atoms with van der Waals surface area (Å²) in [6.07, 6.45) is 1.61. The van der Waals surface area contributed by atoms with Gasteiger partial charge in [0.25, 0.3) is 0 Å². The number of nitrogens with one attached hydrogen (secondary N) is 1. The van der Waals surface area contributed by atoms with E-state index < -0.39 is 0 Å². The molecule has 1 aliphatic heterocycles. The topological polar surface area (TPSA) is 56.9 Å². The van der Waals surface area contributed by atoms with Crippen LogP contribution in [0.4, 0.5) is 4.39 Å². The predicted molar refractivity (Wildman–Crippen MR) is 124 cm³/mol. The number of aliphatic imine (C=N–C) groups is 1. The molecule has 1 aromatic heterocycles. The molecule has 0 unspecified atom stereocenters. The van der Waals surface area contributed by atoms with E-state index in [1.54, 1.807) is 18.4 Å². The number of rotatable bonds is 6. The Kier molecular flexibility index (Phi) is 8.88. The van der Waals surface area contributed by atoms with E-state index in [2.05, 4.69) is 41.0 Å². The van der Waals surface area contributed by atoms with Crippen molar-refractivity contribution in [3.05, 3.63) is 53.7 Å². The van der Waals surface area contributed by atoms with Crippen LogP contribution in [0.2, 0.25) is 0 Å². The van der Waals surface area contributed by atoms with E-state index in [0.717, 1.165) is 56.5 Å². The summed E-state index contributed by atoms with van der Waals surface area (Å²) in [5.74, 6) is 0.720. The summed E-state index contributed by atoms with van der Waals surface area (Å²) >= 11 is 0. The van der Waals surface area contributed by atoms with Crippen LogP contribution in [0.3, 0.4) is 0 Å². The Morgan fingerprint density at radius 2 is 2.00 bits per heavy atom. The molecule has 1 aliphatic rings. The third kappa shape index (κ3) is 6.67. The van der Waals surface area contributed by atoms with Gasteiger partial charge in [0.1, 0.15) is 12.1 Å². The number of halogens is 2. The summed E-state index contributed by atoms with van der Waals surface area (Å²) in [6.45, 7) is 12.2. The number of aromatic nitrogens is 1. The van der Waals surface area contributed by atoms with Gasteiger partial charge >= 0.3 is 0 Å². The second-order valence-electron chi connectivity index (χ2n) is 7.82. The van der Waals surface area contributed by atoms with Gasteiger partial charge in [0.2, 0.25) is 0 Å². The first-order valence-corrected chi connectivity index (χ1v) is 9.89. The minimum atomic E-state index is -0.239. The molecule has 0 radical (unpaired) electrons. The molecule has 6 nitrogen and oxygen atoms in total.